The number of nitrogens with one attached hydrogen (secondary N) is 2. The number of likely N-dealkylation sites (tertiary alicyclic amines) is 1. The molecule has 3 aromatic rings. The van der Waals surface area contributed by atoms with E-state index in [4.69, 9.17) is 9.47 Å². The molecule has 9 nitrogen and oxygen atoms in total. The SMILES string of the molecule is COc1ccc(COc2c(C(=O)NO)cn(C)c2C(=O)NC2CCN(Cc3ccccc3)CC2)cc1. The number of aromatic nitrogens is 1. The van der Waals surface area contributed by atoms with Crippen LogP contribution in [0.3, 0.4) is 0 Å². The van der Waals surface area contributed by atoms with Gasteiger partial charge in [-0.15, -0.1) is 0 Å². The van der Waals surface area contributed by atoms with Crippen LogP contribution in [-0.4, -0.2) is 52.7 Å². The van der Waals surface area contributed by atoms with E-state index in [0.29, 0.717) is 5.75 Å². The van der Waals surface area contributed by atoms with Crippen molar-refractivity contribution in [2.45, 2.75) is 32.0 Å². The first kappa shape index (κ1) is 25.3. The van der Waals surface area contributed by atoms with Crippen LogP contribution in [0.1, 0.15) is 44.8 Å². The van der Waals surface area contributed by atoms with Gasteiger partial charge in [-0.2, -0.15) is 0 Å². The van der Waals surface area contributed by atoms with Gasteiger partial charge in [0, 0.05) is 38.9 Å². The molecular weight excluding hydrogens is 460 g/mol. The van der Waals surface area contributed by atoms with E-state index in [2.05, 4.69) is 22.3 Å². The lowest BCUT2D eigenvalue weighted by molar-refractivity contribution is 0.0702. The van der Waals surface area contributed by atoms with Gasteiger partial charge in [-0.1, -0.05) is 42.5 Å². The molecule has 1 fully saturated rings. The number of benzene rings is 2. The third kappa shape index (κ3) is 6.05. The Labute approximate surface area is 210 Å². The summed E-state index contributed by atoms with van der Waals surface area (Å²) in [6, 6.07) is 17.7. The zero-order valence-corrected chi connectivity index (χ0v) is 20.6. The smallest absolute Gasteiger partial charge is 0.279 e. The fraction of sp³-hybridized carbons (Fsp3) is 0.333. The number of carbonyl (C=O) groups excluding carboxylic acids is 2. The molecule has 0 aliphatic carbocycles. The molecule has 4 rings (SSSR count). The quantitative estimate of drug-likeness (QED) is 0.313. The number of amides is 2. The van der Waals surface area contributed by atoms with Crippen LogP contribution >= 0.6 is 0 Å². The number of carbonyl (C=O) groups is 2. The van der Waals surface area contributed by atoms with Crippen LogP contribution in [0.15, 0.2) is 60.8 Å². The minimum Gasteiger partial charge on any atom is -0.497 e. The van der Waals surface area contributed by atoms with Crippen LogP contribution in [0.25, 0.3) is 0 Å². The molecule has 9 heteroatoms. The Morgan fingerprint density at radius 3 is 2.33 bits per heavy atom. The van der Waals surface area contributed by atoms with Gasteiger partial charge in [-0.25, -0.2) is 5.48 Å². The molecule has 1 aromatic heterocycles. The van der Waals surface area contributed by atoms with Gasteiger partial charge in [0.15, 0.2) is 5.75 Å². The fourth-order valence-corrected chi connectivity index (χ4v) is 4.44. The van der Waals surface area contributed by atoms with Gasteiger partial charge in [-0.3, -0.25) is 19.7 Å². The lowest BCUT2D eigenvalue weighted by Gasteiger charge is -2.32. The Balaban J connectivity index is 1.43. The lowest BCUT2D eigenvalue weighted by Crippen LogP contribution is -2.44. The molecule has 2 aromatic carbocycles. The predicted octanol–water partition coefficient (Wildman–Crippen LogP) is 3.13. The molecule has 0 atom stereocenters. The number of hydrogen-bond acceptors (Lipinski definition) is 6. The van der Waals surface area contributed by atoms with Crippen molar-refractivity contribution in [2.24, 2.45) is 7.05 Å². The zero-order chi connectivity index (χ0) is 25.5. The Bertz CT molecular complexity index is 1170. The number of piperidine rings is 1. The summed E-state index contributed by atoms with van der Waals surface area (Å²) in [5, 5.41) is 12.3. The predicted molar refractivity (Wildman–Crippen MR) is 134 cm³/mol. The van der Waals surface area contributed by atoms with E-state index in [1.807, 2.05) is 42.5 Å². The van der Waals surface area contributed by atoms with Gasteiger partial charge in [0.2, 0.25) is 0 Å². The molecule has 190 valence electrons. The molecule has 0 saturated carbocycles. The summed E-state index contributed by atoms with van der Waals surface area (Å²) >= 11 is 0. The van der Waals surface area contributed by atoms with Crippen molar-refractivity contribution in [3.05, 3.63) is 83.2 Å². The monoisotopic (exact) mass is 492 g/mol. The number of hydrogen-bond donors (Lipinski definition) is 3. The van der Waals surface area contributed by atoms with E-state index >= 15 is 0 Å². The molecular formula is C27H32N4O5. The summed E-state index contributed by atoms with van der Waals surface area (Å²) in [5.74, 6) is -0.225. The number of rotatable bonds is 9. The average molecular weight is 493 g/mol. The average Bonchev–Trinajstić information content (AvgIpc) is 3.25. The van der Waals surface area contributed by atoms with E-state index in [1.54, 1.807) is 24.2 Å². The molecule has 0 unspecified atom stereocenters. The number of ether oxygens (including phenoxy) is 2. The summed E-state index contributed by atoms with van der Waals surface area (Å²) in [4.78, 5) is 28.0. The highest BCUT2D eigenvalue weighted by Crippen LogP contribution is 2.28. The maximum absolute atomic E-state index is 13.3. The molecule has 1 aliphatic rings. The highest BCUT2D eigenvalue weighted by molar-refractivity contribution is 6.03. The normalized spacial score (nSPS) is 14.3. The number of hydroxylamine groups is 1. The topological polar surface area (TPSA) is 105 Å². The van der Waals surface area contributed by atoms with Crippen LogP contribution in [0, 0.1) is 0 Å². The van der Waals surface area contributed by atoms with Crippen molar-refractivity contribution in [3.63, 3.8) is 0 Å². The first-order valence-electron chi connectivity index (χ1n) is 11.9. The number of methoxy groups -OCH3 is 1. The zero-order valence-electron chi connectivity index (χ0n) is 20.6. The maximum atomic E-state index is 13.3. The second-order valence-corrected chi connectivity index (χ2v) is 8.92. The van der Waals surface area contributed by atoms with Gasteiger partial charge in [-0.05, 0) is 36.1 Å². The summed E-state index contributed by atoms with van der Waals surface area (Å²) < 4.78 is 12.7. The summed E-state index contributed by atoms with van der Waals surface area (Å²) in [6.07, 6.45) is 3.14. The van der Waals surface area contributed by atoms with Gasteiger partial charge >= 0.3 is 0 Å². The highest BCUT2D eigenvalue weighted by atomic mass is 16.5. The molecule has 1 saturated heterocycles. The fourth-order valence-electron chi connectivity index (χ4n) is 4.44. The molecule has 0 radical (unpaired) electrons. The number of aryl methyl sites for hydroxylation is 1. The van der Waals surface area contributed by atoms with Gasteiger partial charge < -0.3 is 19.4 Å². The molecule has 36 heavy (non-hydrogen) atoms. The molecule has 1 aliphatic heterocycles. The highest BCUT2D eigenvalue weighted by Gasteiger charge is 2.28. The Hall–Kier alpha value is -3.82. The van der Waals surface area contributed by atoms with Crippen molar-refractivity contribution in [2.75, 3.05) is 20.2 Å². The lowest BCUT2D eigenvalue weighted by atomic mass is 10.0. The van der Waals surface area contributed by atoms with E-state index < -0.39 is 5.91 Å². The van der Waals surface area contributed by atoms with Gasteiger partial charge in [0.1, 0.15) is 23.6 Å². The molecule has 3 N–H and O–H groups in total. The third-order valence-corrected chi connectivity index (χ3v) is 6.41. The standard InChI is InChI=1S/C27H32N4O5/c1-30-17-23(26(32)29-34)25(36-18-20-8-10-22(35-2)11-9-20)24(30)27(33)28-21-12-14-31(15-13-21)16-19-6-4-3-5-7-19/h3-11,17,21,34H,12-16,18H2,1-2H3,(H,28,33)(H,29,32). The molecule has 2 heterocycles. The molecule has 0 spiro atoms. The van der Waals surface area contributed by atoms with Crippen LogP contribution in [-0.2, 0) is 20.2 Å². The van der Waals surface area contributed by atoms with E-state index in [1.165, 1.54) is 11.8 Å². The van der Waals surface area contributed by atoms with Crippen molar-refractivity contribution >= 4 is 11.8 Å². The minimum atomic E-state index is -0.747. The summed E-state index contributed by atoms with van der Waals surface area (Å²) in [5.41, 5.74) is 4.06. The van der Waals surface area contributed by atoms with Gasteiger partial charge in [0.25, 0.3) is 11.8 Å². The van der Waals surface area contributed by atoms with Crippen LogP contribution in [0.5, 0.6) is 11.5 Å². The minimum absolute atomic E-state index is 0.0176. The first-order chi connectivity index (χ1) is 17.5. The second-order valence-electron chi connectivity index (χ2n) is 8.92. The number of nitrogens with zero attached hydrogens (tertiary/aromatic N) is 2. The summed E-state index contributed by atoms with van der Waals surface area (Å²) in [7, 11) is 3.26. The Kier molecular flexibility index (Phi) is 8.24. The largest absolute Gasteiger partial charge is 0.497 e. The van der Waals surface area contributed by atoms with Gasteiger partial charge in [0.05, 0.1) is 7.11 Å². The van der Waals surface area contributed by atoms with Crippen molar-refractivity contribution in [1.29, 1.82) is 0 Å². The Morgan fingerprint density at radius 2 is 1.69 bits per heavy atom. The van der Waals surface area contributed by atoms with Crippen LogP contribution < -0.4 is 20.3 Å². The van der Waals surface area contributed by atoms with Crippen molar-refractivity contribution < 1.29 is 24.3 Å². The molecule has 0 bridgehead atoms. The second kappa shape index (κ2) is 11.7. The van der Waals surface area contributed by atoms with Crippen molar-refractivity contribution in [1.82, 2.24) is 20.3 Å². The maximum Gasteiger partial charge on any atom is 0.279 e. The van der Waals surface area contributed by atoms with Crippen molar-refractivity contribution in [3.8, 4) is 11.5 Å². The summed E-state index contributed by atoms with van der Waals surface area (Å²) in [6.45, 7) is 2.79. The van der Waals surface area contributed by atoms with E-state index in [9.17, 15) is 14.8 Å². The Morgan fingerprint density at radius 1 is 1.00 bits per heavy atom. The molecule has 2 amide bonds. The van der Waals surface area contributed by atoms with E-state index in [0.717, 1.165) is 38.0 Å². The van der Waals surface area contributed by atoms with E-state index in [-0.39, 0.29) is 35.6 Å². The first-order valence-corrected chi connectivity index (χ1v) is 11.9. The van der Waals surface area contributed by atoms with Crippen LogP contribution in [0.4, 0.5) is 0 Å². The van der Waals surface area contributed by atoms with Crippen LogP contribution in [0.2, 0.25) is 0 Å². The third-order valence-electron chi connectivity index (χ3n) is 6.41.